The van der Waals surface area contributed by atoms with Crippen molar-refractivity contribution in [1.82, 2.24) is 0 Å². The lowest BCUT2D eigenvalue weighted by Gasteiger charge is -2.00. The monoisotopic (exact) mass is 205 g/mol. The Morgan fingerprint density at radius 1 is 1.33 bits per heavy atom. The molecule has 0 spiro atoms. The Bertz CT molecular complexity index is 430. The average molecular weight is 205 g/mol. The molecule has 4 heteroatoms. The molecule has 0 saturated heterocycles. The third-order valence-electron chi connectivity index (χ3n) is 2.98. The molecule has 1 fully saturated rings. The molecule has 1 amide bonds. The highest BCUT2D eigenvalue weighted by Crippen LogP contribution is 2.49. The summed E-state index contributed by atoms with van der Waals surface area (Å²) in [7, 11) is 0. The van der Waals surface area contributed by atoms with Crippen LogP contribution in [0.25, 0.3) is 0 Å². The summed E-state index contributed by atoms with van der Waals surface area (Å²) in [5.74, 6) is 1.61. The van der Waals surface area contributed by atoms with Gasteiger partial charge in [-0.25, -0.2) is 0 Å². The predicted molar refractivity (Wildman–Crippen MR) is 52.6 cm³/mol. The van der Waals surface area contributed by atoms with Crippen molar-refractivity contribution in [2.75, 3.05) is 6.79 Å². The fourth-order valence-electron chi connectivity index (χ4n) is 2.02. The fraction of sp³-hybridized carbons (Fsp3) is 0.364. The highest BCUT2D eigenvalue weighted by Gasteiger charge is 2.43. The molecule has 1 aromatic rings. The van der Waals surface area contributed by atoms with Crippen molar-refractivity contribution in [2.45, 2.75) is 12.3 Å². The Kier molecular flexibility index (Phi) is 1.65. The van der Waals surface area contributed by atoms with Gasteiger partial charge in [-0.05, 0) is 30.0 Å². The van der Waals surface area contributed by atoms with Crippen molar-refractivity contribution in [1.29, 1.82) is 0 Å². The largest absolute Gasteiger partial charge is 0.454 e. The third kappa shape index (κ3) is 1.33. The molecule has 2 atom stereocenters. The minimum atomic E-state index is -0.210. The van der Waals surface area contributed by atoms with Crippen LogP contribution in [0.5, 0.6) is 11.5 Å². The minimum absolute atomic E-state index is 0.00497. The molecule has 1 aliphatic carbocycles. The van der Waals surface area contributed by atoms with E-state index in [2.05, 4.69) is 0 Å². The Morgan fingerprint density at radius 3 is 2.87 bits per heavy atom. The second kappa shape index (κ2) is 2.89. The molecule has 1 heterocycles. The number of fused-ring (bicyclic) bond motifs is 1. The quantitative estimate of drug-likeness (QED) is 0.783. The first-order chi connectivity index (χ1) is 7.25. The fourth-order valence-corrected chi connectivity index (χ4v) is 2.02. The lowest BCUT2D eigenvalue weighted by molar-refractivity contribution is -0.119. The van der Waals surface area contributed by atoms with Gasteiger partial charge < -0.3 is 15.2 Å². The molecule has 15 heavy (non-hydrogen) atoms. The second-order valence-corrected chi connectivity index (χ2v) is 3.96. The number of nitrogens with two attached hydrogens (primary N) is 1. The van der Waals surface area contributed by atoms with E-state index in [9.17, 15) is 4.79 Å². The molecule has 78 valence electrons. The summed E-state index contributed by atoms with van der Waals surface area (Å²) in [5, 5.41) is 0. The van der Waals surface area contributed by atoms with Crippen LogP contribution in [0.3, 0.4) is 0 Å². The molecular formula is C11H11NO3. The summed E-state index contributed by atoms with van der Waals surface area (Å²) in [5.41, 5.74) is 6.36. The number of rotatable bonds is 2. The molecule has 0 bridgehead atoms. The van der Waals surface area contributed by atoms with Gasteiger partial charge in [-0.3, -0.25) is 4.79 Å². The number of hydrogen-bond acceptors (Lipinski definition) is 3. The van der Waals surface area contributed by atoms with Gasteiger partial charge in [-0.1, -0.05) is 6.07 Å². The molecule has 3 rings (SSSR count). The standard InChI is InChI=1S/C11H11NO3/c12-11(13)8-4-7(8)6-1-2-9-10(3-6)15-5-14-9/h1-3,7-8H,4-5H2,(H2,12,13). The van der Waals surface area contributed by atoms with Crippen LogP contribution < -0.4 is 15.2 Å². The van der Waals surface area contributed by atoms with Crippen LogP contribution >= 0.6 is 0 Å². The van der Waals surface area contributed by atoms with Crippen molar-refractivity contribution >= 4 is 5.91 Å². The molecule has 1 saturated carbocycles. The van der Waals surface area contributed by atoms with E-state index < -0.39 is 0 Å². The summed E-state index contributed by atoms with van der Waals surface area (Å²) in [6, 6.07) is 5.80. The van der Waals surface area contributed by atoms with E-state index in [0.717, 1.165) is 23.5 Å². The number of hydrogen-bond donors (Lipinski definition) is 1. The number of ether oxygens (including phenoxy) is 2. The highest BCUT2D eigenvalue weighted by molar-refractivity contribution is 5.81. The van der Waals surface area contributed by atoms with E-state index in [-0.39, 0.29) is 24.5 Å². The van der Waals surface area contributed by atoms with Gasteiger partial charge in [-0.2, -0.15) is 0 Å². The molecule has 1 aromatic carbocycles. The molecule has 2 N–H and O–H groups in total. The normalized spacial score (nSPS) is 26.4. The third-order valence-corrected chi connectivity index (χ3v) is 2.98. The Balaban J connectivity index is 1.86. The smallest absolute Gasteiger partial charge is 0.231 e. The van der Waals surface area contributed by atoms with Gasteiger partial charge in [0.15, 0.2) is 11.5 Å². The number of primary amides is 1. The molecule has 0 aromatic heterocycles. The molecule has 1 aliphatic heterocycles. The van der Waals surface area contributed by atoms with Crippen molar-refractivity contribution in [3.05, 3.63) is 23.8 Å². The number of amides is 1. The first-order valence-corrected chi connectivity index (χ1v) is 4.94. The first-order valence-electron chi connectivity index (χ1n) is 4.94. The van der Waals surface area contributed by atoms with Gasteiger partial charge in [0.25, 0.3) is 0 Å². The molecule has 0 radical (unpaired) electrons. The summed E-state index contributed by atoms with van der Waals surface area (Å²) in [6.07, 6.45) is 0.856. The van der Waals surface area contributed by atoms with Crippen molar-refractivity contribution in [2.24, 2.45) is 11.7 Å². The Labute approximate surface area is 87.0 Å². The van der Waals surface area contributed by atoms with E-state index in [1.54, 1.807) is 0 Å². The zero-order valence-electron chi connectivity index (χ0n) is 8.10. The number of carbonyl (C=O) groups excluding carboxylic acids is 1. The van der Waals surface area contributed by atoms with Crippen molar-refractivity contribution < 1.29 is 14.3 Å². The Morgan fingerprint density at radius 2 is 2.13 bits per heavy atom. The zero-order valence-corrected chi connectivity index (χ0v) is 8.10. The van der Waals surface area contributed by atoms with Crippen LogP contribution in [0.15, 0.2) is 18.2 Å². The van der Waals surface area contributed by atoms with E-state index in [1.807, 2.05) is 18.2 Å². The van der Waals surface area contributed by atoms with Crippen LogP contribution in [0.4, 0.5) is 0 Å². The van der Waals surface area contributed by atoms with Gasteiger partial charge in [0.1, 0.15) is 0 Å². The zero-order chi connectivity index (χ0) is 10.4. The molecule has 2 unspecified atom stereocenters. The summed E-state index contributed by atoms with van der Waals surface area (Å²) in [4.78, 5) is 10.9. The van der Waals surface area contributed by atoms with Gasteiger partial charge in [-0.15, -0.1) is 0 Å². The van der Waals surface area contributed by atoms with Crippen LogP contribution in [0.1, 0.15) is 17.9 Å². The SMILES string of the molecule is NC(=O)C1CC1c1ccc2c(c1)OCO2. The average Bonchev–Trinajstić information content (AvgIpc) is 2.89. The second-order valence-electron chi connectivity index (χ2n) is 3.96. The van der Waals surface area contributed by atoms with Crippen LogP contribution in [0.2, 0.25) is 0 Å². The summed E-state index contributed by atoms with van der Waals surface area (Å²) >= 11 is 0. The van der Waals surface area contributed by atoms with Crippen LogP contribution in [-0.2, 0) is 4.79 Å². The van der Waals surface area contributed by atoms with Crippen molar-refractivity contribution in [3.8, 4) is 11.5 Å². The van der Waals surface area contributed by atoms with E-state index in [4.69, 9.17) is 15.2 Å². The van der Waals surface area contributed by atoms with E-state index in [0.29, 0.717) is 0 Å². The molecule has 4 nitrogen and oxygen atoms in total. The lowest BCUT2D eigenvalue weighted by atomic mass is 10.1. The topological polar surface area (TPSA) is 61.6 Å². The lowest BCUT2D eigenvalue weighted by Crippen LogP contribution is -2.13. The summed E-state index contributed by atoms with van der Waals surface area (Å²) in [6.45, 7) is 0.280. The van der Waals surface area contributed by atoms with Gasteiger partial charge in [0.2, 0.25) is 12.7 Å². The predicted octanol–water partition coefficient (Wildman–Crippen LogP) is 1.00. The van der Waals surface area contributed by atoms with Gasteiger partial charge in [0.05, 0.1) is 0 Å². The van der Waals surface area contributed by atoms with Crippen molar-refractivity contribution in [3.63, 3.8) is 0 Å². The highest BCUT2D eigenvalue weighted by atomic mass is 16.7. The number of benzene rings is 1. The van der Waals surface area contributed by atoms with Gasteiger partial charge in [0, 0.05) is 5.92 Å². The summed E-state index contributed by atoms with van der Waals surface area (Å²) < 4.78 is 10.5. The Hall–Kier alpha value is -1.71. The number of carbonyl (C=O) groups is 1. The van der Waals surface area contributed by atoms with E-state index in [1.165, 1.54) is 0 Å². The molecule has 2 aliphatic rings. The molecular weight excluding hydrogens is 194 g/mol. The van der Waals surface area contributed by atoms with E-state index >= 15 is 0 Å². The van der Waals surface area contributed by atoms with Crippen LogP contribution in [-0.4, -0.2) is 12.7 Å². The van der Waals surface area contributed by atoms with Crippen LogP contribution in [0, 0.1) is 5.92 Å². The maximum atomic E-state index is 10.9. The first kappa shape index (κ1) is 8.59. The minimum Gasteiger partial charge on any atom is -0.454 e. The van der Waals surface area contributed by atoms with Gasteiger partial charge >= 0.3 is 0 Å². The maximum Gasteiger partial charge on any atom is 0.231 e. The maximum absolute atomic E-state index is 10.9.